The smallest absolute Gasteiger partial charge is 0.255 e. The number of nitriles is 1. The predicted molar refractivity (Wildman–Crippen MR) is 157 cm³/mol. The van der Waals surface area contributed by atoms with Gasteiger partial charge in [-0.15, -0.1) is 0 Å². The Kier molecular flexibility index (Phi) is 9.19. The molecule has 0 radical (unpaired) electrons. The fourth-order valence-corrected chi connectivity index (χ4v) is 5.84. The van der Waals surface area contributed by atoms with E-state index in [9.17, 15) is 14.4 Å². The molecule has 0 spiro atoms. The van der Waals surface area contributed by atoms with E-state index in [0.717, 1.165) is 11.1 Å². The highest BCUT2D eigenvalue weighted by Crippen LogP contribution is 2.27. The van der Waals surface area contributed by atoms with Crippen molar-refractivity contribution in [1.82, 2.24) is 14.8 Å². The van der Waals surface area contributed by atoms with Crippen LogP contribution in [0.1, 0.15) is 73.6 Å². The molecule has 3 aromatic rings. The normalized spacial score (nSPS) is 19.7. The second-order valence-electron chi connectivity index (χ2n) is 11.5. The molecule has 2 aliphatic heterocycles. The van der Waals surface area contributed by atoms with Gasteiger partial charge in [0.05, 0.1) is 17.2 Å². The van der Waals surface area contributed by atoms with Crippen LogP contribution in [0, 0.1) is 30.1 Å². The number of alkyl halides is 1. The van der Waals surface area contributed by atoms with E-state index < -0.39 is 6.17 Å². The first-order valence-electron chi connectivity index (χ1n) is 14.6. The van der Waals surface area contributed by atoms with Crippen molar-refractivity contribution in [3.63, 3.8) is 0 Å². The number of aryl methyl sites for hydroxylation is 1. The second-order valence-corrected chi connectivity index (χ2v) is 11.5. The third-order valence-electron chi connectivity index (χ3n) is 8.48. The summed E-state index contributed by atoms with van der Waals surface area (Å²) in [4.78, 5) is 46.9. The van der Waals surface area contributed by atoms with Gasteiger partial charge in [-0.05, 0) is 68.5 Å². The molecule has 42 heavy (non-hydrogen) atoms. The van der Waals surface area contributed by atoms with Crippen molar-refractivity contribution < 1.29 is 18.8 Å². The number of piperidine rings is 2. The Hall–Kier alpha value is -4.22. The van der Waals surface area contributed by atoms with E-state index in [0.29, 0.717) is 62.1 Å². The van der Waals surface area contributed by atoms with Crippen LogP contribution >= 0.6 is 0 Å². The lowest BCUT2D eigenvalue weighted by Crippen LogP contribution is -2.42. The minimum Gasteiger partial charge on any atom is -0.339 e. The number of halogens is 1. The summed E-state index contributed by atoms with van der Waals surface area (Å²) in [6, 6.07) is 20.1. The molecule has 2 aliphatic rings. The maximum absolute atomic E-state index is 15.0. The van der Waals surface area contributed by atoms with Gasteiger partial charge >= 0.3 is 0 Å². The SMILES string of the molecule is Cc1ccc(C(=O)C2CCN(C(=O)c3ccc(C(=O)CC4CCN(Cc5ccc(C#N)cc5)C[C@H]4F)nc3)CC2)cc1. The fraction of sp³-hybridized carbons (Fsp3) is 0.382. The highest BCUT2D eigenvalue weighted by atomic mass is 19.1. The molecule has 7 nitrogen and oxygen atoms in total. The zero-order valence-electron chi connectivity index (χ0n) is 23.8. The second kappa shape index (κ2) is 13.2. The number of nitrogens with zero attached hydrogens (tertiary/aromatic N) is 4. The molecular formula is C34H35FN4O3. The van der Waals surface area contributed by atoms with E-state index in [1.54, 1.807) is 29.2 Å². The predicted octanol–water partition coefficient (Wildman–Crippen LogP) is 5.43. The number of pyridine rings is 1. The summed E-state index contributed by atoms with van der Waals surface area (Å²) in [6.45, 7) is 4.51. The van der Waals surface area contributed by atoms with Crippen LogP contribution < -0.4 is 0 Å². The number of hydrogen-bond donors (Lipinski definition) is 0. The summed E-state index contributed by atoms with van der Waals surface area (Å²) in [6.07, 6.45) is 2.17. The molecule has 0 N–H and O–H groups in total. The van der Waals surface area contributed by atoms with Crippen LogP contribution in [0.3, 0.4) is 0 Å². The van der Waals surface area contributed by atoms with Crippen LogP contribution in [0.5, 0.6) is 0 Å². The van der Waals surface area contributed by atoms with Gasteiger partial charge in [0, 0.05) is 50.3 Å². The summed E-state index contributed by atoms with van der Waals surface area (Å²) in [5.41, 5.74) is 4.07. The van der Waals surface area contributed by atoms with E-state index in [4.69, 9.17) is 5.26 Å². The summed E-state index contributed by atoms with van der Waals surface area (Å²) in [7, 11) is 0. The zero-order valence-corrected chi connectivity index (χ0v) is 23.8. The molecular weight excluding hydrogens is 531 g/mol. The van der Waals surface area contributed by atoms with Gasteiger partial charge in [0.2, 0.25) is 0 Å². The number of ketones is 2. The number of hydrogen-bond acceptors (Lipinski definition) is 6. The number of amides is 1. The zero-order chi connectivity index (χ0) is 29.6. The standard InChI is InChI=1S/C34H35FN4O3/c1-23-2-8-26(9-3-23)33(41)27-13-16-39(17-14-27)34(42)29-10-11-31(37-20-29)32(40)18-28-12-15-38(22-30(28)35)21-25-6-4-24(19-36)5-7-25/h2-11,20,27-28,30H,12-18,21-22H2,1H3/t28?,30-/m1/s1. The van der Waals surface area contributed by atoms with Gasteiger partial charge in [0.25, 0.3) is 5.91 Å². The molecule has 0 saturated carbocycles. The molecule has 1 aromatic heterocycles. The third kappa shape index (κ3) is 6.97. The lowest BCUT2D eigenvalue weighted by molar-refractivity contribution is 0.0648. The number of benzene rings is 2. The summed E-state index contributed by atoms with van der Waals surface area (Å²) < 4.78 is 15.0. The minimum atomic E-state index is -1.12. The third-order valence-corrected chi connectivity index (χ3v) is 8.48. The molecule has 8 heteroatoms. The largest absolute Gasteiger partial charge is 0.339 e. The van der Waals surface area contributed by atoms with Crippen molar-refractivity contribution in [3.8, 4) is 6.07 Å². The van der Waals surface area contributed by atoms with E-state index in [-0.39, 0.29) is 48.0 Å². The first-order chi connectivity index (χ1) is 20.3. The fourth-order valence-electron chi connectivity index (χ4n) is 5.84. The molecule has 3 heterocycles. The van der Waals surface area contributed by atoms with Gasteiger partial charge in [-0.25, -0.2) is 4.39 Å². The monoisotopic (exact) mass is 566 g/mol. The van der Waals surface area contributed by atoms with Gasteiger partial charge in [-0.1, -0.05) is 42.0 Å². The van der Waals surface area contributed by atoms with Gasteiger partial charge in [0.1, 0.15) is 11.9 Å². The Morgan fingerprint density at radius 2 is 1.62 bits per heavy atom. The molecule has 2 aromatic carbocycles. The maximum atomic E-state index is 15.0. The number of carbonyl (C=O) groups is 3. The molecule has 5 rings (SSSR count). The van der Waals surface area contributed by atoms with Gasteiger partial charge in [-0.2, -0.15) is 5.26 Å². The van der Waals surface area contributed by atoms with E-state index >= 15 is 4.39 Å². The van der Waals surface area contributed by atoms with Gasteiger partial charge in [0.15, 0.2) is 11.6 Å². The van der Waals surface area contributed by atoms with Crippen molar-refractivity contribution in [2.24, 2.45) is 11.8 Å². The number of Topliss-reactive ketones (excluding diaryl/α,β-unsaturated/α-hetero) is 2. The molecule has 2 atom stereocenters. The highest BCUT2D eigenvalue weighted by Gasteiger charge is 2.32. The summed E-state index contributed by atoms with van der Waals surface area (Å²) >= 11 is 0. The Balaban J connectivity index is 1.09. The van der Waals surface area contributed by atoms with Gasteiger partial charge < -0.3 is 4.90 Å². The van der Waals surface area contributed by atoms with E-state index in [2.05, 4.69) is 11.1 Å². The first kappa shape index (κ1) is 29.3. The van der Waals surface area contributed by atoms with Crippen molar-refractivity contribution >= 4 is 17.5 Å². The average Bonchev–Trinajstić information content (AvgIpc) is 3.02. The summed E-state index contributed by atoms with van der Waals surface area (Å²) in [5.74, 6) is -0.739. The molecule has 2 fully saturated rings. The number of aromatic nitrogens is 1. The Bertz CT molecular complexity index is 1460. The molecule has 0 aliphatic carbocycles. The Morgan fingerprint density at radius 1 is 0.929 bits per heavy atom. The molecule has 216 valence electrons. The lowest BCUT2D eigenvalue weighted by atomic mass is 9.88. The molecule has 0 bridgehead atoms. The topological polar surface area (TPSA) is 94.4 Å². The van der Waals surface area contributed by atoms with Crippen LogP contribution in [0.15, 0.2) is 66.9 Å². The molecule has 1 unspecified atom stereocenters. The van der Waals surface area contributed by atoms with E-state index in [1.165, 1.54) is 6.20 Å². The quantitative estimate of drug-likeness (QED) is 0.338. The van der Waals surface area contributed by atoms with Crippen molar-refractivity contribution in [3.05, 3.63) is 100 Å². The van der Waals surface area contributed by atoms with Crippen molar-refractivity contribution in [1.29, 1.82) is 5.26 Å². The van der Waals surface area contributed by atoms with Crippen LogP contribution in [0.4, 0.5) is 4.39 Å². The van der Waals surface area contributed by atoms with Gasteiger partial charge in [-0.3, -0.25) is 24.3 Å². The summed E-state index contributed by atoms with van der Waals surface area (Å²) in [5, 5.41) is 8.95. The number of carbonyl (C=O) groups excluding carboxylic acids is 3. The van der Waals surface area contributed by atoms with Crippen molar-refractivity contribution in [2.75, 3.05) is 26.2 Å². The van der Waals surface area contributed by atoms with Crippen LogP contribution in [0.25, 0.3) is 0 Å². The van der Waals surface area contributed by atoms with Crippen LogP contribution in [-0.2, 0) is 6.54 Å². The average molecular weight is 567 g/mol. The minimum absolute atomic E-state index is 0.0781. The Labute approximate surface area is 246 Å². The number of rotatable bonds is 8. The molecule has 1 amide bonds. The maximum Gasteiger partial charge on any atom is 0.255 e. The lowest BCUT2D eigenvalue weighted by Gasteiger charge is -2.34. The first-order valence-corrected chi connectivity index (χ1v) is 14.6. The Morgan fingerprint density at radius 3 is 2.24 bits per heavy atom. The molecule has 2 saturated heterocycles. The van der Waals surface area contributed by atoms with E-state index in [1.807, 2.05) is 48.2 Å². The number of likely N-dealkylation sites (tertiary alicyclic amines) is 2. The van der Waals surface area contributed by atoms with Crippen LogP contribution in [0.2, 0.25) is 0 Å². The van der Waals surface area contributed by atoms with Crippen LogP contribution in [-0.4, -0.2) is 64.6 Å². The van der Waals surface area contributed by atoms with Crippen molar-refractivity contribution in [2.45, 2.75) is 45.3 Å². The highest BCUT2D eigenvalue weighted by molar-refractivity contribution is 5.99.